The highest BCUT2D eigenvalue weighted by molar-refractivity contribution is 5.88. The monoisotopic (exact) mass is 311 g/mol. The highest BCUT2D eigenvalue weighted by Gasteiger charge is 2.38. The summed E-state index contributed by atoms with van der Waals surface area (Å²) in [5.41, 5.74) is 1.97. The molecule has 0 aromatic heterocycles. The normalized spacial score (nSPS) is 22.0. The lowest BCUT2D eigenvalue weighted by atomic mass is 9.83. The molecule has 1 amide bonds. The van der Waals surface area contributed by atoms with Crippen molar-refractivity contribution >= 4 is 5.91 Å². The minimum atomic E-state index is -0.272. The van der Waals surface area contributed by atoms with Crippen LogP contribution in [0.5, 0.6) is 17.2 Å². The summed E-state index contributed by atoms with van der Waals surface area (Å²) in [6.07, 6.45) is 0. The molecule has 1 N–H and O–H groups in total. The molecule has 0 spiro atoms. The third kappa shape index (κ3) is 2.29. The minimum absolute atomic E-state index is 0.0252. The fourth-order valence-corrected chi connectivity index (χ4v) is 3.36. The molecular weight excluding hydrogens is 294 g/mol. The van der Waals surface area contributed by atoms with Gasteiger partial charge in [-0.15, -0.1) is 0 Å². The van der Waals surface area contributed by atoms with Crippen LogP contribution in [0.2, 0.25) is 0 Å². The van der Waals surface area contributed by atoms with E-state index in [-0.39, 0.29) is 24.5 Å². The van der Waals surface area contributed by atoms with Crippen molar-refractivity contribution in [3.8, 4) is 17.2 Å². The Labute approximate surface area is 134 Å². The molecule has 23 heavy (non-hydrogen) atoms. The van der Waals surface area contributed by atoms with Gasteiger partial charge in [-0.2, -0.15) is 0 Å². The van der Waals surface area contributed by atoms with Gasteiger partial charge in [-0.1, -0.05) is 24.3 Å². The van der Waals surface area contributed by atoms with Gasteiger partial charge in [-0.25, -0.2) is 0 Å². The Kier molecular flexibility index (Phi) is 3.33. The highest BCUT2D eigenvalue weighted by atomic mass is 16.7. The zero-order valence-electron chi connectivity index (χ0n) is 12.7. The average molecular weight is 311 g/mol. The van der Waals surface area contributed by atoms with Gasteiger partial charge in [0.2, 0.25) is 12.7 Å². The molecule has 118 valence electrons. The Morgan fingerprint density at radius 3 is 2.83 bits per heavy atom. The Balaban J connectivity index is 1.74. The van der Waals surface area contributed by atoms with Crippen LogP contribution in [0.25, 0.3) is 0 Å². The summed E-state index contributed by atoms with van der Waals surface area (Å²) in [4.78, 5) is 12.4. The molecule has 2 aromatic rings. The molecular formula is C18H17NO4. The molecule has 2 aliphatic heterocycles. The largest absolute Gasteiger partial charge is 0.496 e. The molecule has 2 atom stereocenters. The number of para-hydroxylation sites is 1. The Morgan fingerprint density at radius 2 is 1.96 bits per heavy atom. The fourth-order valence-electron chi connectivity index (χ4n) is 3.36. The number of methoxy groups -OCH3 is 1. The summed E-state index contributed by atoms with van der Waals surface area (Å²) in [6, 6.07) is 13.5. The number of carbonyl (C=O) groups excluding carboxylic acids is 1. The van der Waals surface area contributed by atoms with Gasteiger partial charge in [0, 0.05) is 18.0 Å². The molecule has 1 fully saturated rings. The third-order valence-corrected chi connectivity index (χ3v) is 4.48. The first kappa shape index (κ1) is 13.9. The van der Waals surface area contributed by atoms with E-state index in [1.54, 1.807) is 7.11 Å². The predicted octanol–water partition coefficient (Wildman–Crippen LogP) is 2.42. The maximum Gasteiger partial charge on any atom is 0.231 e. The summed E-state index contributed by atoms with van der Waals surface area (Å²) >= 11 is 0. The Morgan fingerprint density at radius 1 is 1.13 bits per heavy atom. The fraction of sp³-hybridized carbons (Fsp3) is 0.278. The molecule has 4 rings (SSSR count). The number of hydrogen-bond donors (Lipinski definition) is 1. The lowest BCUT2D eigenvalue weighted by Crippen LogP contribution is -2.18. The standard InChI is InChI=1S/C18H17NO4/c1-21-14-5-3-2-4-12(14)17-13(9-19-18(17)20)11-6-7-15-16(8-11)23-10-22-15/h2-8,13,17H,9-10H2,1H3,(H,19,20)/t13-,17-/m0/s1. The summed E-state index contributed by atoms with van der Waals surface area (Å²) in [6.45, 7) is 0.845. The van der Waals surface area contributed by atoms with Gasteiger partial charge < -0.3 is 19.5 Å². The SMILES string of the molecule is COc1ccccc1[C@@H]1C(=O)NC[C@H]1c1ccc2c(c1)OCO2. The van der Waals surface area contributed by atoms with Crippen molar-refractivity contribution < 1.29 is 19.0 Å². The number of rotatable bonds is 3. The summed E-state index contributed by atoms with van der Waals surface area (Å²) in [7, 11) is 1.63. The molecule has 0 bridgehead atoms. The number of hydrogen-bond acceptors (Lipinski definition) is 4. The van der Waals surface area contributed by atoms with E-state index in [9.17, 15) is 4.79 Å². The van der Waals surface area contributed by atoms with Crippen LogP contribution < -0.4 is 19.5 Å². The molecule has 0 unspecified atom stereocenters. The van der Waals surface area contributed by atoms with Crippen LogP contribution in [0.1, 0.15) is 23.0 Å². The van der Waals surface area contributed by atoms with Gasteiger partial charge in [0.1, 0.15) is 5.75 Å². The molecule has 0 saturated carbocycles. The minimum Gasteiger partial charge on any atom is -0.496 e. The molecule has 2 heterocycles. The molecule has 2 aliphatic rings. The van der Waals surface area contributed by atoms with Gasteiger partial charge in [-0.3, -0.25) is 4.79 Å². The first-order chi connectivity index (χ1) is 11.3. The molecule has 0 aliphatic carbocycles. The van der Waals surface area contributed by atoms with Crippen LogP contribution >= 0.6 is 0 Å². The number of nitrogens with one attached hydrogen (secondary N) is 1. The van der Waals surface area contributed by atoms with Gasteiger partial charge in [0.05, 0.1) is 13.0 Å². The topological polar surface area (TPSA) is 56.8 Å². The van der Waals surface area contributed by atoms with E-state index in [0.29, 0.717) is 6.54 Å². The number of fused-ring (bicyclic) bond motifs is 1. The molecule has 1 saturated heterocycles. The second kappa shape index (κ2) is 5.50. The smallest absolute Gasteiger partial charge is 0.231 e. The van der Waals surface area contributed by atoms with Gasteiger partial charge in [0.25, 0.3) is 0 Å². The molecule has 0 radical (unpaired) electrons. The number of amides is 1. The van der Waals surface area contributed by atoms with Crippen LogP contribution in [-0.4, -0.2) is 26.4 Å². The second-order valence-electron chi connectivity index (χ2n) is 5.68. The summed E-state index contributed by atoms with van der Waals surface area (Å²) in [5, 5.41) is 2.97. The summed E-state index contributed by atoms with van der Waals surface area (Å²) < 4.78 is 16.3. The quantitative estimate of drug-likeness (QED) is 0.946. The van der Waals surface area contributed by atoms with Crippen molar-refractivity contribution in [3.05, 3.63) is 53.6 Å². The number of ether oxygens (including phenoxy) is 3. The van der Waals surface area contributed by atoms with Crippen LogP contribution in [0.3, 0.4) is 0 Å². The third-order valence-electron chi connectivity index (χ3n) is 4.48. The van der Waals surface area contributed by atoms with Crippen LogP contribution in [0.4, 0.5) is 0 Å². The molecule has 2 aromatic carbocycles. The van der Waals surface area contributed by atoms with E-state index in [4.69, 9.17) is 14.2 Å². The predicted molar refractivity (Wildman–Crippen MR) is 84.1 cm³/mol. The summed E-state index contributed by atoms with van der Waals surface area (Å²) in [5.74, 6) is 2.01. The van der Waals surface area contributed by atoms with Crippen molar-refractivity contribution in [2.75, 3.05) is 20.4 Å². The van der Waals surface area contributed by atoms with Crippen LogP contribution in [0, 0.1) is 0 Å². The van der Waals surface area contributed by atoms with Crippen molar-refractivity contribution in [3.63, 3.8) is 0 Å². The van der Waals surface area contributed by atoms with E-state index >= 15 is 0 Å². The van der Waals surface area contributed by atoms with Gasteiger partial charge >= 0.3 is 0 Å². The van der Waals surface area contributed by atoms with Crippen LogP contribution in [-0.2, 0) is 4.79 Å². The van der Waals surface area contributed by atoms with Crippen molar-refractivity contribution in [2.24, 2.45) is 0 Å². The number of carbonyl (C=O) groups is 1. The first-order valence-corrected chi connectivity index (χ1v) is 7.58. The van der Waals surface area contributed by atoms with E-state index in [1.165, 1.54) is 0 Å². The lowest BCUT2D eigenvalue weighted by Gasteiger charge is -2.20. The number of benzene rings is 2. The Hall–Kier alpha value is -2.69. The van der Waals surface area contributed by atoms with E-state index in [1.807, 2.05) is 42.5 Å². The first-order valence-electron chi connectivity index (χ1n) is 7.58. The van der Waals surface area contributed by atoms with Gasteiger partial charge in [-0.05, 0) is 23.8 Å². The van der Waals surface area contributed by atoms with Gasteiger partial charge in [0.15, 0.2) is 11.5 Å². The van der Waals surface area contributed by atoms with E-state index < -0.39 is 0 Å². The molecule has 5 nitrogen and oxygen atoms in total. The zero-order valence-corrected chi connectivity index (χ0v) is 12.7. The maximum atomic E-state index is 12.4. The van der Waals surface area contributed by atoms with E-state index in [2.05, 4.69) is 5.32 Å². The molecule has 5 heteroatoms. The lowest BCUT2D eigenvalue weighted by molar-refractivity contribution is -0.120. The zero-order chi connectivity index (χ0) is 15.8. The average Bonchev–Trinajstić information content (AvgIpc) is 3.20. The van der Waals surface area contributed by atoms with E-state index in [0.717, 1.165) is 28.4 Å². The van der Waals surface area contributed by atoms with Crippen molar-refractivity contribution in [1.29, 1.82) is 0 Å². The van der Waals surface area contributed by atoms with Crippen LogP contribution in [0.15, 0.2) is 42.5 Å². The van der Waals surface area contributed by atoms with Crippen molar-refractivity contribution in [2.45, 2.75) is 11.8 Å². The van der Waals surface area contributed by atoms with Crippen molar-refractivity contribution in [1.82, 2.24) is 5.32 Å². The Bertz CT molecular complexity index is 758. The maximum absolute atomic E-state index is 12.4. The highest BCUT2D eigenvalue weighted by Crippen LogP contribution is 2.43. The second-order valence-corrected chi connectivity index (χ2v) is 5.68.